The van der Waals surface area contributed by atoms with Crippen LogP contribution in [0.2, 0.25) is 0 Å². The van der Waals surface area contributed by atoms with Gasteiger partial charge in [0.1, 0.15) is 24.1 Å². The molecule has 4 rings (SSSR count). The number of carbonyl (C=O) groups is 2. The number of amides is 1. The molecule has 8 heteroatoms. The highest BCUT2D eigenvalue weighted by molar-refractivity contribution is 6.00. The van der Waals surface area contributed by atoms with E-state index in [2.05, 4.69) is 15.2 Å². The van der Waals surface area contributed by atoms with Crippen molar-refractivity contribution in [3.63, 3.8) is 0 Å². The molecule has 1 aromatic heterocycles. The summed E-state index contributed by atoms with van der Waals surface area (Å²) < 4.78 is 16.2. The molecule has 1 aliphatic heterocycles. The number of ether oxygens (including phenoxy) is 3. The van der Waals surface area contributed by atoms with Gasteiger partial charge < -0.3 is 24.5 Å². The molecule has 0 aliphatic carbocycles. The number of carbonyl (C=O) groups excluding carboxylic acids is 2. The third-order valence-corrected chi connectivity index (χ3v) is 5.69. The highest BCUT2D eigenvalue weighted by atomic mass is 16.5. The number of methoxy groups -OCH3 is 1. The third-order valence-electron chi connectivity index (χ3n) is 5.69. The second-order valence-corrected chi connectivity index (χ2v) is 7.97. The smallest absolute Gasteiger partial charge is 0.328 e. The summed E-state index contributed by atoms with van der Waals surface area (Å²) in [6.45, 7) is 4.82. The van der Waals surface area contributed by atoms with Crippen LogP contribution in [0, 0.1) is 0 Å². The lowest BCUT2D eigenvalue weighted by Gasteiger charge is -2.26. The summed E-state index contributed by atoms with van der Waals surface area (Å²) in [5.74, 6) is -0.107. The Morgan fingerprint density at radius 3 is 2.67 bits per heavy atom. The summed E-state index contributed by atoms with van der Waals surface area (Å²) in [5, 5.41) is 3.65. The van der Waals surface area contributed by atoms with E-state index in [1.807, 2.05) is 48.5 Å². The quantitative estimate of drug-likeness (QED) is 0.486. The summed E-state index contributed by atoms with van der Waals surface area (Å²) in [6, 6.07) is 16.2. The Morgan fingerprint density at radius 1 is 1.12 bits per heavy atom. The number of morpholine rings is 1. The van der Waals surface area contributed by atoms with E-state index in [1.165, 1.54) is 7.11 Å². The van der Waals surface area contributed by atoms with Crippen molar-refractivity contribution in [1.29, 1.82) is 0 Å². The number of fused-ring (bicyclic) bond motifs is 1. The van der Waals surface area contributed by atoms with Gasteiger partial charge in [-0.3, -0.25) is 9.69 Å². The highest BCUT2D eigenvalue weighted by Crippen LogP contribution is 2.22. The molecule has 1 amide bonds. The van der Waals surface area contributed by atoms with Crippen LogP contribution in [0.15, 0.2) is 54.6 Å². The minimum Gasteiger partial charge on any atom is -0.492 e. The predicted octanol–water partition coefficient (Wildman–Crippen LogP) is 2.39. The minimum atomic E-state index is -0.782. The summed E-state index contributed by atoms with van der Waals surface area (Å²) >= 11 is 0. The van der Waals surface area contributed by atoms with Gasteiger partial charge in [0.15, 0.2) is 0 Å². The summed E-state index contributed by atoms with van der Waals surface area (Å²) in [7, 11) is 1.32. The molecule has 8 nitrogen and oxygen atoms in total. The molecule has 1 fully saturated rings. The Morgan fingerprint density at radius 2 is 1.91 bits per heavy atom. The molecule has 0 radical (unpaired) electrons. The van der Waals surface area contributed by atoms with Crippen molar-refractivity contribution < 1.29 is 23.8 Å². The van der Waals surface area contributed by atoms with Crippen LogP contribution in [0.25, 0.3) is 10.9 Å². The van der Waals surface area contributed by atoms with E-state index in [9.17, 15) is 9.59 Å². The molecule has 0 spiro atoms. The Labute approximate surface area is 192 Å². The number of esters is 1. The fourth-order valence-corrected chi connectivity index (χ4v) is 3.86. The van der Waals surface area contributed by atoms with Crippen molar-refractivity contribution in [3.05, 3.63) is 65.9 Å². The first-order valence-corrected chi connectivity index (χ1v) is 11.1. The van der Waals surface area contributed by atoms with Crippen molar-refractivity contribution >= 4 is 22.8 Å². The largest absolute Gasteiger partial charge is 0.492 e. The number of aromatic amines is 1. The zero-order chi connectivity index (χ0) is 23.0. The lowest BCUT2D eigenvalue weighted by Crippen LogP contribution is -2.43. The number of hydrogen-bond donors (Lipinski definition) is 2. The highest BCUT2D eigenvalue weighted by Gasteiger charge is 2.23. The Balaban J connectivity index is 1.39. The molecule has 1 aliphatic rings. The average Bonchev–Trinajstić information content (AvgIpc) is 3.28. The van der Waals surface area contributed by atoms with E-state index in [-0.39, 0.29) is 5.91 Å². The lowest BCUT2D eigenvalue weighted by molar-refractivity contribution is -0.142. The lowest BCUT2D eigenvalue weighted by atomic mass is 10.1. The van der Waals surface area contributed by atoms with Crippen LogP contribution in [0.3, 0.4) is 0 Å². The van der Waals surface area contributed by atoms with Crippen LogP contribution in [0.1, 0.15) is 16.1 Å². The standard InChI is InChI=1S/C25H29N3O5/c1-31-25(30)23(15-18-5-3-2-4-6-18)27-24(29)22-17-19-16-20(7-8-21(19)26-22)33-14-11-28-9-12-32-13-10-28/h2-8,16-17,23,26H,9-15H2,1H3,(H,27,29)/t23-/m0/s1. The molecule has 0 saturated carbocycles. The van der Waals surface area contributed by atoms with E-state index < -0.39 is 12.0 Å². The average molecular weight is 452 g/mol. The van der Waals surface area contributed by atoms with Gasteiger partial charge in [-0.25, -0.2) is 4.79 Å². The first-order chi connectivity index (χ1) is 16.1. The predicted molar refractivity (Wildman–Crippen MR) is 124 cm³/mol. The van der Waals surface area contributed by atoms with Crippen LogP contribution in [-0.2, 0) is 20.7 Å². The zero-order valence-corrected chi connectivity index (χ0v) is 18.7. The number of benzene rings is 2. The normalized spacial score (nSPS) is 15.2. The van der Waals surface area contributed by atoms with E-state index in [0.29, 0.717) is 18.7 Å². The van der Waals surface area contributed by atoms with Gasteiger partial charge in [0, 0.05) is 37.0 Å². The Kier molecular flexibility index (Phi) is 7.59. The van der Waals surface area contributed by atoms with Gasteiger partial charge in [-0.2, -0.15) is 0 Å². The molecule has 1 atom stereocenters. The Hall–Kier alpha value is -3.36. The van der Waals surface area contributed by atoms with Gasteiger partial charge in [-0.15, -0.1) is 0 Å². The topological polar surface area (TPSA) is 92.9 Å². The van der Waals surface area contributed by atoms with Crippen molar-refractivity contribution in [3.8, 4) is 5.75 Å². The number of H-pyrrole nitrogens is 1. The van der Waals surface area contributed by atoms with Gasteiger partial charge in [0.2, 0.25) is 0 Å². The van der Waals surface area contributed by atoms with E-state index >= 15 is 0 Å². The molecule has 2 aromatic carbocycles. The number of aromatic nitrogens is 1. The maximum absolute atomic E-state index is 12.9. The fraction of sp³-hybridized carbons (Fsp3) is 0.360. The molecule has 2 heterocycles. The van der Waals surface area contributed by atoms with Gasteiger partial charge in [0.05, 0.1) is 20.3 Å². The van der Waals surface area contributed by atoms with Crippen molar-refractivity contribution in [1.82, 2.24) is 15.2 Å². The maximum Gasteiger partial charge on any atom is 0.328 e. The molecule has 33 heavy (non-hydrogen) atoms. The van der Waals surface area contributed by atoms with Crippen molar-refractivity contribution in [2.24, 2.45) is 0 Å². The molecule has 2 N–H and O–H groups in total. The fourth-order valence-electron chi connectivity index (χ4n) is 3.86. The molecule has 0 unspecified atom stereocenters. The van der Waals surface area contributed by atoms with Crippen LogP contribution in [-0.4, -0.2) is 74.4 Å². The van der Waals surface area contributed by atoms with E-state index in [0.717, 1.165) is 55.1 Å². The molecule has 174 valence electrons. The van der Waals surface area contributed by atoms with Gasteiger partial charge in [-0.05, 0) is 29.8 Å². The van der Waals surface area contributed by atoms with Crippen molar-refractivity contribution in [2.75, 3.05) is 46.6 Å². The van der Waals surface area contributed by atoms with Crippen LogP contribution >= 0.6 is 0 Å². The summed E-state index contributed by atoms with van der Waals surface area (Å²) in [5.41, 5.74) is 2.12. The van der Waals surface area contributed by atoms with Gasteiger partial charge in [-0.1, -0.05) is 30.3 Å². The molecular formula is C25H29N3O5. The van der Waals surface area contributed by atoms with Gasteiger partial charge in [0.25, 0.3) is 5.91 Å². The molecule has 1 saturated heterocycles. The monoisotopic (exact) mass is 451 g/mol. The molecule has 0 bridgehead atoms. The number of rotatable bonds is 9. The first kappa shape index (κ1) is 22.8. The van der Waals surface area contributed by atoms with E-state index in [4.69, 9.17) is 14.2 Å². The van der Waals surface area contributed by atoms with Crippen LogP contribution < -0.4 is 10.1 Å². The van der Waals surface area contributed by atoms with Crippen LogP contribution in [0.4, 0.5) is 0 Å². The minimum absolute atomic E-state index is 0.348. The number of nitrogens with zero attached hydrogens (tertiary/aromatic N) is 1. The summed E-state index contributed by atoms with van der Waals surface area (Å²) in [4.78, 5) is 30.5. The van der Waals surface area contributed by atoms with Crippen molar-refractivity contribution in [2.45, 2.75) is 12.5 Å². The summed E-state index contributed by atoms with van der Waals surface area (Å²) in [6.07, 6.45) is 0.348. The van der Waals surface area contributed by atoms with Gasteiger partial charge >= 0.3 is 5.97 Å². The maximum atomic E-state index is 12.9. The van der Waals surface area contributed by atoms with E-state index in [1.54, 1.807) is 6.07 Å². The first-order valence-electron chi connectivity index (χ1n) is 11.1. The molecule has 3 aromatic rings. The third kappa shape index (κ3) is 6.12. The number of hydrogen-bond acceptors (Lipinski definition) is 6. The van der Waals surface area contributed by atoms with Crippen LogP contribution in [0.5, 0.6) is 5.75 Å². The second-order valence-electron chi connectivity index (χ2n) is 7.97. The SMILES string of the molecule is COC(=O)[C@H](Cc1ccccc1)NC(=O)c1cc2cc(OCCN3CCOCC3)ccc2[nH]1. The second kappa shape index (κ2) is 11.0. The zero-order valence-electron chi connectivity index (χ0n) is 18.7. The Bertz CT molecular complexity index is 1080. The number of nitrogens with one attached hydrogen (secondary N) is 2. The molecular weight excluding hydrogens is 422 g/mol.